The third-order valence-electron chi connectivity index (χ3n) is 1.82. The highest BCUT2D eigenvalue weighted by Gasteiger charge is 2.13. The molecule has 0 aliphatic carbocycles. The topological polar surface area (TPSA) is 78.1 Å². The van der Waals surface area contributed by atoms with Crippen LogP contribution in [0.2, 0.25) is 0 Å². The molecule has 0 aromatic carbocycles. The zero-order chi connectivity index (χ0) is 9.54. The fourth-order valence-corrected chi connectivity index (χ4v) is 1.73. The number of thiazole rings is 1. The molecule has 0 bridgehead atoms. The number of fused-ring (bicyclic) bond motifs is 1. The molecule has 0 unspecified atom stereocenters. The van der Waals surface area contributed by atoms with E-state index in [0.29, 0.717) is 17.0 Å². The van der Waals surface area contributed by atoms with Gasteiger partial charge in [-0.2, -0.15) is 0 Å². The van der Waals surface area contributed by atoms with Crippen molar-refractivity contribution in [1.82, 2.24) is 9.97 Å². The molecule has 2 N–H and O–H groups in total. The van der Waals surface area contributed by atoms with Crippen molar-refractivity contribution in [3.63, 3.8) is 0 Å². The lowest BCUT2D eigenvalue weighted by molar-refractivity contribution is 0.566. The Morgan fingerprint density at radius 3 is 3.07 bits per heavy atom. The fraction of sp³-hybridized carbons (Fsp3) is 0. The van der Waals surface area contributed by atoms with Crippen molar-refractivity contribution >= 4 is 28.3 Å². The van der Waals surface area contributed by atoms with Crippen LogP contribution in [-0.4, -0.2) is 9.97 Å². The summed E-state index contributed by atoms with van der Waals surface area (Å²) in [7, 11) is 0. The molecule has 5 nitrogen and oxygen atoms in total. The van der Waals surface area contributed by atoms with Crippen molar-refractivity contribution in [1.29, 1.82) is 0 Å². The van der Waals surface area contributed by atoms with Gasteiger partial charge in [0, 0.05) is 0 Å². The van der Waals surface area contributed by atoms with Crippen LogP contribution in [0.3, 0.4) is 0 Å². The monoisotopic (exact) mass is 207 g/mol. The van der Waals surface area contributed by atoms with E-state index in [2.05, 4.69) is 9.97 Å². The van der Waals surface area contributed by atoms with Crippen LogP contribution in [0.15, 0.2) is 26.8 Å². The summed E-state index contributed by atoms with van der Waals surface area (Å²) in [5.74, 6) is 0.781. The number of anilines is 1. The summed E-state index contributed by atoms with van der Waals surface area (Å²) in [5, 5.41) is 0. The molecule has 14 heavy (non-hydrogen) atoms. The Morgan fingerprint density at radius 1 is 1.43 bits per heavy atom. The highest BCUT2D eigenvalue weighted by molar-refractivity contribution is 7.13. The molecule has 0 saturated carbocycles. The molecule has 0 fully saturated rings. The van der Waals surface area contributed by atoms with E-state index < -0.39 is 0 Å². The van der Waals surface area contributed by atoms with Gasteiger partial charge in [0.2, 0.25) is 17.4 Å². The van der Waals surface area contributed by atoms with E-state index in [9.17, 15) is 0 Å². The lowest BCUT2D eigenvalue weighted by Crippen LogP contribution is -1.77. The Balaban J connectivity index is 2.24. The van der Waals surface area contributed by atoms with Gasteiger partial charge in [-0.25, -0.2) is 4.98 Å². The van der Waals surface area contributed by atoms with Crippen molar-refractivity contribution in [2.75, 3.05) is 5.73 Å². The predicted molar refractivity (Wildman–Crippen MR) is 51.8 cm³/mol. The molecule has 70 valence electrons. The first-order chi connectivity index (χ1) is 6.84. The Morgan fingerprint density at radius 2 is 2.36 bits per heavy atom. The minimum absolute atomic E-state index is 0.253. The summed E-state index contributed by atoms with van der Waals surface area (Å²) in [6, 6.07) is 0. The first-order valence-electron chi connectivity index (χ1n) is 3.87. The second-order valence-electron chi connectivity index (χ2n) is 2.70. The Hall–Kier alpha value is -1.82. The molecule has 0 spiro atoms. The van der Waals surface area contributed by atoms with Gasteiger partial charge in [0.25, 0.3) is 0 Å². The maximum Gasteiger partial charge on any atom is 0.239 e. The van der Waals surface area contributed by atoms with Crippen LogP contribution < -0.4 is 5.73 Å². The molecule has 0 aliphatic heterocycles. The van der Waals surface area contributed by atoms with Gasteiger partial charge in [0.15, 0.2) is 5.52 Å². The van der Waals surface area contributed by atoms with E-state index >= 15 is 0 Å². The van der Waals surface area contributed by atoms with Crippen LogP contribution in [0.4, 0.5) is 5.88 Å². The van der Waals surface area contributed by atoms with E-state index in [1.54, 1.807) is 11.7 Å². The number of oxazole rings is 1. The molecule has 3 heterocycles. The van der Waals surface area contributed by atoms with Crippen molar-refractivity contribution in [3.05, 3.63) is 18.0 Å². The lowest BCUT2D eigenvalue weighted by Gasteiger charge is -1.85. The number of nitrogen functional groups attached to an aromatic ring is 1. The quantitative estimate of drug-likeness (QED) is 0.661. The molecular weight excluding hydrogens is 202 g/mol. The first-order valence-corrected chi connectivity index (χ1v) is 4.75. The fourth-order valence-electron chi connectivity index (χ4n) is 1.19. The zero-order valence-electron chi connectivity index (χ0n) is 6.93. The average Bonchev–Trinajstić information content (AvgIpc) is 2.83. The highest BCUT2D eigenvalue weighted by Crippen LogP contribution is 2.30. The zero-order valence-corrected chi connectivity index (χ0v) is 7.75. The molecule has 6 heteroatoms. The maximum atomic E-state index is 5.53. The van der Waals surface area contributed by atoms with E-state index in [1.807, 2.05) is 0 Å². The van der Waals surface area contributed by atoms with Crippen LogP contribution in [0.5, 0.6) is 0 Å². The summed E-state index contributed by atoms with van der Waals surface area (Å²) in [4.78, 5) is 9.02. The molecule has 3 aromatic rings. The highest BCUT2D eigenvalue weighted by atomic mass is 32.1. The van der Waals surface area contributed by atoms with Gasteiger partial charge in [-0.15, -0.1) is 11.3 Å². The summed E-state index contributed by atoms with van der Waals surface area (Å²) in [6.07, 6.45) is 3.17. The molecule has 3 aromatic heterocycles. The van der Waals surface area contributed by atoms with Crippen molar-refractivity contribution in [2.45, 2.75) is 0 Å². The van der Waals surface area contributed by atoms with Crippen molar-refractivity contribution in [3.8, 4) is 10.8 Å². The minimum atomic E-state index is 0.253. The van der Waals surface area contributed by atoms with E-state index in [-0.39, 0.29) is 5.88 Å². The van der Waals surface area contributed by atoms with E-state index in [4.69, 9.17) is 14.6 Å². The Labute approximate surface area is 82.2 Å². The number of aromatic nitrogens is 2. The summed E-state index contributed by atoms with van der Waals surface area (Å²) in [6.45, 7) is 0. The molecular formula is C8H5N3O2S. The van der Waals surface area contributed by atoms with Gasteiger partial charge < -0.3 is 14.6 Å². The largest absolute Gasteiger partial charge is 0.443 e. The number of nitrogens with zero attached hydrogens (tertiary/aromatic N) is 2. The molecule has 0 radical (unpaired) electrons. The maximum absolute atomic E-state index is 5.53. The van der Waals surface area contributed by atoms with Crippen LogP contribution in [0.25, 0.3) is 21.9 Å². The second-order valence-corrected chi connectivity index (χ2v) is 3.59. The summed E-state index contributed by atoms with van der Waals surface area (Å²) < 4.78 is 10.4. The van der Waals surface area contributed by atoms with Gasteiger partial charge in [0.1, 0.15) is 11.1 Å². The van der Waals surface area contributed by atoms with Gasteiger partial charge in [0.05, 0.1) is 11.7 Å². The van der Waals surface area contributed by atoms with Crippen molar-refractivity contribution < 1.29 is 8.83 Å². The van der Waals surface area contributed by atoms with Crippen LogP contribution in [-0.2, 0) is 0 Å². The van der Waals surface area contributed by atoms with E-state index in [0.717, 1.165) is 4.88 Å². The number of nitrogens with two attached hydrogens (primary N) is 1. The number of furan rings is 1. The van der Waals surface area contributed by atoms with Gasteiger partial charge >= 0.3 is 0 Å². The molecule has 3 rings (SSSR count). The number of rotatable bonds is 1. The summed E-state index contributed by atoms with van der Waals surface area (Å²) >= 11 is 1.46. The van der Waals surface area contributed by atoms with Crippen LogP contribution >= 0.6 is 11.3 Å². The van der Waals surface area contributed by atoms with Gasteiger partial charge in [-0.3, -0.25) is 4.98 Å². The smallest absolute Gasteiger partial charge is 0.239 e. The first kappa shape index (κ1) is 7.57. The van der Waals surface area contributed by atoms with Gasteiger partial charge in [-0.05, 0) is 0 Å². The SMILES string of the molecule is Nc1occ2nc(-c3cncs3)oc12. The Bertz CT molecular complexity index is 566. The predicted octanol–water partition coefficient (Wildman–Crippen LogP) is 2.13. The second kappa shape index (κ2) is 2.58. The molecule has 0 aliphatic rings. The molecule has 0 amide bonds. The minimum Gasteiger partial charge on any atom is -0.443 e. The third-order valence-corrected chi connectivity index (χ3v) is 2.58. The number of hydrogen-bond donors (Lipinski definition) is 1. The standard InChI is InChI=1S/C8H5N3O2S/c9-7-6-4(2-12-7)11-8(13-6)5-1-10-3-14-5/h1-3H,9H2. The molecule has 0 atom stereocenters. The summed E-state index contributed by atoms with van der Waals surface area (Å²) in [5.41, 5.74) is 8.37. The molecule has 0 saturated heterocycles. The van der Waals surface area contributed by atoms with E-state index in [1.165, 1.54) is 17.6 Å². The number of hydrogen-bond acceptors (Lipinski definition) is 6. The van der Waals surface area contributed by atoms with Gasteiger partial charge in [-0.1, -0.05) is 0 Å². The Kier molecular flexibility index (Phi) is 1.40. The average molecular weight is 207 g/mol. The van der Waals surface area contributed by atoms with Crippen molar-refractivity contribution in [2.24, 2.45) is 0 Å². The lowest BCUT2D eigenvalue weighted by atomic mass is 10.5. The van der Waals surface area contributed by atoms with Crippen LogP contribution in [0, 0.1) is 0 Å². The normalized spacial score (nSPS) is 11.1. The third kappa shape index (κ3) is 0.942. The van der Waals surface area contributed by atoms with Crippen LogP contribution in [0.1, 0.15) is 0 Å².